The van der Waals surface area contributed by atoms with E-state index >= 15 is 0 Å². The highest BCUT2D eigenvalue weighted by molar-refractivity contribution is 5.60. The van der Waals surface area contributed by atoms with E-state index in [4.69, 9.17) is 5.11 Å². The van der Waals surface area contributed by atoms with Crippen LogP contribution < -0.4 is 0 Å². The van der Waals surface area contributed by atoms with Crippen LogP contribution in [0.25, 0.3) is 0 Å². The van der Waals surface area contributed by atoms with Crippen molar-refractivity contribution < 1.29 is 33.6 Å². The van der Waals surface area contributed by atoms with Gasteiger partial charge in [-0.15, -0.1) is 0 Å². The molecule has 0 aromatic carbocycles. The van der Waals surface area contributed by atoms with Gasteiger partial charge in [0.25, 0.3) is 0 Å². The van der Waals surface area contributed by atoms with Gasteiger partial charge in [-0.05, 0) is 0 Å². The molecule has 0 unspecified atom stereocenters. The molecule has 1 heterocycles. The third-order valence-corrected chi connectivity index (χ3v) is 1.42. The Morgan fingerprint density at radius 1 is 1.44 bits per heavy atom. The van der Waals surface area contributed by atoms with E-state index in [1.807, 2.05) is 0 Å². The van der Waals surface area contributed by atoms with Crippen molar-refractivity contribution in [1.29, 1.82) is 0 Å². The molecule has 1 rings (SSSR count). The molecule has 0 aromatic rings. The highest BCUT2D eigenvalue weighted by Gasteiger charge is 2.07. The summed E-state index contributed by atoms with van der Waals surface area (Å²) in [6, 6.07) is 0. The van der Waals surface area contributed by atoms with Crippen molar-refractivity contribution in [2.75, 3.05) is 33.5 Å². The molecule has 0 radical (unpaired) electrons. The van der Waals surface area contributed by atoms with Crippen molar-refractivity contribution in [2.24, 2.45) is 0 Å². The van der Waals surface area contributed by atoms with Gasteiger partial charge in [0.05, 0.1) is 26.9 Å². The zero-order valence-corrected chi connectivity index (χ0v) is 9.14. The Labute approximate surface area is 93.2 Å². The lowest BCUT2D eigenvalue weighted by atomic mass is 10.5. The van der Waals surface area contributed by atoms with Crippen molar-refractivity contribution in [3.05, 3.63) is 0 Å². The minimum atomic E-state index is -0.705. The highest BCUT2D eigenvalue weighted by atomic mass is 16.7. The van der Waals surface area contributed by atoms with Gasteiger partial charge >= 0.3 is 12.3 Å². The number of carbonyl (C=O) groups excluding carboxylic acids is 2. The molecular formula is C9H16O7. The molecule has 94 valence electrons. The molecule has 1 aliphatic rings. The molecule has 1 aliphatic heterocycles. The minimum absolute atomic E-state index is 0.0248. The van der Waals surface area contributed by atoms with Gasteiger partial charge < -0.3 is 24.1 Å². The van der Waals surface area contributed by atoms with Crippen LogP contribution in [0.5, 0.6) is 0 Å². The fourth-order valence-corrected chi connectivity index (χ4v) is 0.691. The highest BCUT2D eigenvalue weighted by Crippen LogP contribution is 1.95. The van der Waals surface area contributed by atoms with Crippen LogP contribution in [-0.4, -0.2) is 51.0 Å². The molecule has 16 heavy (non-hydrogen) atoms. The predicted octanol–water partition coefficient (Wildman–Crippen LogP) is 0.695. The lowest BCUT2D eigenvalue weighted by Crippen LogP contribution is -2.16. The molecule has 0 saturated carbocycles. The van der Waals surface area contributed by atoms with Crippen LogP contribution in [-0.2, 0) is 18.9 Å². The summed E-state index contributed by atoms with van der Waals surface area (Å²) in [7, 11) is 1.24. The van der Waals surface area contributed by atoms with Crippen LogP contribution >= 0.6 is 0 Å². The van der Waals surface area contributed by atoms with Gasteiger partial charge in [-0.25, -0.2) is 9.59 Å². The van der Waals surface area contributed by atoms with Gasteiger partial charge in [0.15, 0.2) is 0 Å². The number of hydrogen-bond acceptors (Lipinski definition) is 7. The summed E-state index contributed by atoms with van der Waals surface area (Å²) in [5.74, 6) is 0. The number of cyclic esters (lactones) is 2. The van der Waals surface area contributed by atoms with Crippen LogP contribution in [0.1, 0.15) is 12.8 Å². The van der Waals surface area contributed by atoms with Crippen LogP contribution in [0.2, 0.25) is 0 Å². The first kappa shape index (κ1) is 14.5. The van der Waals surface area contributed by atoms with Gasteiger partial charge in [0.1, 0.15) is 0 Å². The lowest BCUT2D eigenvalue weighted by molar-refractivity contribution is 0.0192. The van der Waals surface area contributed by atoms with E-state index in [1.54, 1.807) is 0 Å². The average molecular weight is 236 g/mol. The van der Waals surface area contributed by atoms with E-state index in [2.05, 4.69) is 18.9 Å². The van der Waals surface area contributed by atoms with Crippen LogP contribution in [0, 0.1) is 0 Å². The third-order valence-electron chi connectivity index (χ3n) is 1.42. The largest absolute Gasteiger partial charge is 0.508 e. The Kier molecular flexibility index (Phi) is 9.09. The van der Waals surface area contributed by atoms with Crippen LogP contribution in [0.4, 0.5) is 9.59 Å². The van der Waals surface area contributed by atoms with Gasteiger partial charge in [-0.1, -0.05) is 0 Å². The summed E-state index contributed by atoms with van der Waals surface area (Å²) in [5.41, 5.74) is 0. The van der Waals surface area contributed by atoms with E-state index in [9.17, 15) is 9.59 Å². The molecule has 1 saturated heterocycles. The summed E-state index contributed by atoms with van der Waals surface area (Å²) >= 11 is 0. The van der Waals surface area contributed by atoms with Gasteiger partial charge in [-0.3, -0.25) is 0 Å². The first-order chi connectivity index (χ1) is 7.70. The number of methoxy groups -OCH3 is 1. The maximum Gasteiger partial charge on any atom is 0.508 e. The molecule has 7 heteroatoms. The number of aliphatic hydroxyl groups is 1. The summed E-state index contributed by atoms with van der Waals surface area (Å²) < 4.78 is 17.4. The minimum Gasteiger partial charge on any atom is -0.438 e. The number of aliphatic hydroxyl groups excluding tert-OH is 1. The molecule has 1 fully saturated rings. The Hall–Kier alpha value is -1.50. The molecular weight excluding hydrogens is 220 g/mol. The zero-order valence-electron chi connectivity index (χ0n) is 9.14. The molecule has 0 aliphatic carbocycles. The van der Waals surface area contributed by atoms with Crippen molar-refractivity contribution in [2.45, 2.75) is 12.8 Å². The fraction of sp³-hybridized carbons (Fsp3) is 0.778. The maximum absolute atomic E-state index is 10.2. The Morgan fingerprint density at radius 3 is 2.44 bits per heavy atom. The molecule has 0 amide bonds. The van der Waals surface area contributed by atoms with Crippen molar-refractivity contribution >= 4 is 12.3 Å². The van der Waals surface area contributed by atoms with E-state index in [-0.39, 0.29) is 13.2 Å². The van der Waals surface area contributed by atoms with Crippen LogP contribution in [0.15, 0.2) is 0 Å². The van der Waals surface area contributed by atoms with Crippen molar-refractivity contribution in [3.8, 4) is 0 Å². The third kappa shape index (κ3) is 9.07. The molecule has 0 bridgehead atoms. The van der Waals surface area contributed by atoms with E-state index in [0.717, 1.165) is 6.42 Å². The first-order valence-electron chi connectivity index (χ1n) is 4.82. The molecule has 0 atom stereocenters. The second-order valence-electron chi connectivity index (χ2n) is 2.68. The Morgan fingerprint density at radius 2 is 2.06 bits per heavy atom. The number of hydrogen-bond donors (Lipinski definition) is 1. The van der Waals surface area contributed by atoms with Gasteiger partial charge in [-0.2, -0.15) is 0 Å². The zero-order chi connectivity index (χ0) is 12.2. The lowest BCUT2D eigenvalue weighted by Gasteiger charge is -2.09. The van der Waals surface area contributed by atoms with Crippen molar-refractivity contribution in [3.63, 3.8) is 0 Å². The standard InChI is InChI=1S/C5H10O4.C4H6O3/c1-8-5(7)9-4-2-3-6;5-4-6-2-1-3-7-4/h6H,2-4H2,1H3;1-3H2. The molecule has 1 N–H and O–H groups in total. The molecule has 7 nitrogen and oxygen atoms in total. The van der Waals surface area contributed by atoms with E-state index in [0.29, 0.717) is 19.6 Å². The van der Waals surface area contributed by atoms with E-state index in [1.165, 1.54) is 7.11 Å². The number of ether oxygens (including phenoxy) is 4. The second-order valence-corrected chi connectivity index (χ2v) is 2.68. The topological polar surface area (TPSA) is 91.3 Å². The average Bonchev–Trinajstić information content (AvgIpc) is 2.31. The summed E-state index contributed by atoms with van der Waals surface area (Å²) in [6.45, 7) is 1.26. The van der Waals surface area contributed by atoms with Crippen molar-refractivity contribution in [1.82, 2.24) is 0 Å². The van der Waals surface area contributed by atoms with Gasteiger partial charge in [0.2, 0.25) is 0 Å². The molecule has 0 spiro atoms. The Bertz CT molecular complexity index is 196. The Balaban J connectivity index is 0.000000288. The smallest absolute Gasteiger partial charge is 0.438 e. The summed E-state index contributed by atoms with van der Waals surface area (Å²) in [4.78, 5) is 20.2. The van der Waals surface area contributed by atoms with Gasteiger partial charge in [0, 0.05) is 19.4 Å². The summed E-state index contributed by atoms with van der Waals surface area (Å²) in [5, 5.41) is 8.22. The SMILES string of the molecule is COC(=O)OCCCO.O=C1OCCCO1. The second kappa shape index (κ2) is 10.0. The monoisotopic (exact) mass is 236 g/mol. The fourth-order valence-electron chi connectivity index (χ4n) is 0.691. The number of carbonyl (C=O) groups is 2. The maximum atomic E-state index is 10.2. The van der Waals surface area contributed by atoms with Crippen LogP contribution in [0.3, 0.4) is 0 Å². The summed E-state index contributed by atoms with van der Waals surface area (Å²) in [6.07, 6.45) is 0.0376. The predicted molar refractivity (Wildman–Crippen MR) is 52.0 cm³/mol. The normalized spacial score (nSPS) is 13.8. The molecule has 0 aromatic heterocycles. The number of rotatable bonds is 3. The first-order valence-corrected chi connectivity index (χ1v) is 4.82. The van der Waals surface area contributed by atoms with E-state index < -0.39 is 12.3 Å². The quantitative estimate of drug-likeness (QED) is 0.569.